The lowest BCUT2D eigenvalue weighted by Crippen LogP contribution is -2.25. The van der Waals surface area contributed by atoms with Crippen LogP contribution in [0.3, 0.4) is 0 Å². The maximum absolute atomic E-state index is 12.2. The van der Waals surface area contributed by atoms with Crippen LogP contribution in [0.4, 0.5) is 5.95 Å². The highest BCUT2D eigenvalue weighted by atomic mass is 16.5. The zero-order chi connectivity index (χ0) is 14.4. The number of hydrogen-bond acceptors (Lipinski definition) is 5. The highest BCUT2D eigenvalue weighted by Gasteiger charge is 2.25. The van der Waals surface area contributed by atoms with E-state index in [-0.39, 0.29) is 5.56 Å². The van der Waals surface area contributed by atoms with Crippen LogP contribution < -0.4 is 10.5 Å². The first-order valence-corrected chi connectivity index (χ1v) is 6.73. The molecule has 0 aromatic carbocycles. The van der Waals surface area contributed by atoms with Crippen LogP contribution in [0.25, 0.3) is 0 Å². The molecule has 6 heteroatoms. The quantitative estimate of drug-likeness (QED) is 0.830. The normalized spacial score (nSPS) is 13.9. The molecule has 0 saturated heterocycles. The third-order valence-corrected chi connectivity index (χ3v) is 4.02. The second-order valence-corrected chi connectivity index (χ2v) is 5.30. The van der Waals surface area contributed by atoms with Gasteiger partial charge in [-0.25, -0.2) is 4.98 Å². The molecule has 0 spiro atoms. The molecule has 2 aromatic rings. The van der Waals surface area contributed by atoms with E-state index in [1.165, 1.54) is 0 Å². The highest BCUT2D eigenvalue weighted by molar-refractivity contribution is 5.40. The molecule has 0 radical (unpaired) electrons. The van der Waals surface area contributed by atoms with E-state index >= 15 is 0 Å². The van der Waals surface area contributed by atoms with Gasteiger partial charge < -0.3 is 9.42 Å². The topological polar surface area (TPSA) is 64.2 Å². The minimum absolute atomic E-state index is 0.0637. The van der Waals surface area contributed by atoms with Crippen molar-refractivity contribution < 1.29 is 4.52 Å². The maximum atomic E-state index is 12.2. The Bertz CT molecular complexity index is 710. The Morgan fingerprint density at radius 2 is 1.90 bits per heavy atom. The van der Waals surface area contributed by atoms with Gasteiger partial charge in [0, 0.05) is 29.9 Å². The lowest BCUT2D eigenvalue weighted by Gasteiger charge is -2.17. The fraction of sp³-hybridized carbons (Fsp3) is 0.500. The van der Waals surface area contributed by atoms with Crippen molar-refractivity contribution in [3.05, 3.63) is 38.6 Å². The molecule has 1 aliphatic rings. The Kier molecular flexibility index (Phi) is 2.88. The molecule has 0 aliphatic carbocycles. The summed E-state index contributed by atoms with van der Waals surface area (Å²) in [6.07, 6.45) is 0. The van der Waals surface area contributed by atoms with Crippen molar-refractivity contribution in [2.45, 2.75) is 40.8 Å². The molecule has 0 fully saturated rings. The van der Waals surface area contributed by atoms with Gasteiger partial charge in [0.2, 0.25) is 5.95 Å². The lowest BCUT2D eigenvalue weighted by atomic mass is 10.2. The van der Waals surface area contributed by atoms with Crippen LogP contribution in [0.2, 0.25) is 0 Å². The second kappa shape index (κ2) is 4.47. The second-order valence-electron chi connectivity index (χ2n) is 5.30. The summed E-state index contributed by atoms with van der Waals surface area (Å²) in [7, 11) is 0. The van der Waals surface area contributed by atoms with E-state index in [0.29, 0.717) is 13.1 Å². The summed E-state index contributed by atoms with van der Waals surface area (Å²) in [4.78, 5) is 18.9. The number of hydrogen-bond donors (Lipinski definition) is 0. The summed E-state index contributed by atoms with van der Waals surface area (Å²) in [6.45, 7) is 9.70. The summed E-state index contributed by atoms with van der Waals surface area (Å²) >= 11 is 0. The predicted molar refractivity (Wildman–Crippen MR) is 75.0 cm³/mol. The van der Waals surface area contributed by atoms with Gasteiger partial charge in [-0.1, -0.05) is 5.16 Å². The van der Waals surface area contributed by atoms with E-state index < -0.39 is 0 Å². The summed E-state index contributed by atoms with van der Waals surface area (Å²) in [5.41, 5.74) is 3.56. The van der Waals surface area contributed by atoms with Gasteiger partial charge in [-0.2, -0.15) is 0 Å². The molecule has 0 unspecified atom stereocenters. The van der Waals surface area contributed by atoms with Crippen molar-refractivity contribution >= 4 is 5.95 Å². The standard InChI is InChI=1S/C14H18N4O2/c1-8-9(2)15-14-17(5-6-18(14)13(8)19)7-12-10(3)16-20-11(12)4/h5-7H2,1-4H3. The largest absolute Gasteiger partial charge is 0.361 e. The van der Waals surface area contributed by atoms with Crippen molar-refractivity contribution in [3.63, 3.8) is 0 Å². The van der Waals surface area contributed by atoms with E-state index in [4.69, 9.17) is 4.52 Å². The maximum Gasteiger partial charge on any atom is 0.258 e. The average Bonchev–Trinajstić information content (AvgIpc) is 2.95. The van der Waals surface area contributed by atoms with Crippen LogP contribution in [0.5, 0.6) is 0 Å². The van der Waals surface area contributed by atoms with Gasteiger partial charge in [0.1, 0.15) is 5.76 Å². The molecule has 0 N–H and O–H groups in total. The Labute approximate surface area is 117 Å². The number of fused-ring (bicyclic) bond motifs is 1. The van der Waals surface area contributed by atoms with Crippen molar-refractivity contribution in [2.75, 3.05) is 11.4 Å². The Balaban J connectivity index is 2.00. The third kappa shape index (κ3) is 1.83. The third-order valence-electron chi connectivity index (χ3n) is 4.02. The van der Waals surface area contributed by atoms with E-state index in [1.807, 2.05) is 27.7 Å². The van der Waals surface area contributed by atoms with Crippen LogP contribution in [0.1, 0.15) is 28.3 Å². The SMILES string of the molecule is Cc1noc(C)c1CN1CCn2c1nc(C)c(C)c2=O. The first-order chi connectivity index (χ1) is 9.49. The van der Waals surface area contributed by atoms with Crippen molar-refractivity contribution in [1.29, 1.82) is 0 Å². The van der Waals surface area contributed by atoms with Crippen molar-refractivity contribution in [2.24, 2.45) is 0 Å². The summed E-state index contributed by atoms with van der Waals surface area (Å²) < 4.78 is 6.95. The van der Waals surface area contributed by atoms with E-state index in [0.717, 1.165) is 40.8 Å². The molecule has 20 heavy (non-hydrogen) atoms. The first-order valence-electron chi connectivity index (χ1n) is 6.73. The van der Waals surface area contributed by atoms with E-state index in [9.17, 15) is 4.79 Å². The zero-order valence-corrected chi connectivity index (χ0v) is 12.2. The number of anilines is 1. The molecular formula is C14H18N4O2. The number of aromatic nitrogens is 3. The molecule has 6 nitrogen and oxygen atoms in total. The van der Waals surface area contributed by atoms with Crippen molar-refractivity contribution in [1.82, 2.24) is 14.7 Å². The zero-order valence-electron chi connectivity index (χ0n) is 12.2. The van der Waals surface area contributed by atoms with E-state index in [2.05, 4.69) is 15.0 Å². The molecule has 106 valence electrons. The summed E-state index contributed by atoms with van der Waals surface area (Å²) in [6, 6.07) is 0. The Morgan fingerprint density at radius 1 is 1.15 bits per heavy atom. The van der Waals surface area contributed by atoms with Crippen LogP contribution in [0.15, 0.2) is 9.32 Å². The van der Waals surface area contributed by atoms with Gasteiger partial charge >= 0.3 is 0 Å². The van der Waals surface area contributed by atoms with Crippen LogP contribution >= 0.6 is 0 Å². The fourth-order valence-electron chi connectivity index (χ4n) is 2.57. The average molecular weight is 274 g/mol. The Morgan fingerprint density at radius 3 is 2.55 bits per heavy atom. The van der Waals surface area contributed by atoms with Gasteiger partial charge in [0.25, 0.3) is 5.56 Å². The summed E-state index contributed by atoms with van der Waals surface area (Å²) in [5, 5.41) is 3.97. The molecule has 0 amide bonds. The van der Waals surface area contributed by atoms with Gasteiger partial charge in [-0.05, 0) is 27.7 Å². The van der Waals surface area contributed by atoms with Gasteiger partial charge in [0.05, 0.1) is 12.2 Å². The van der Waals surface area contributed by atoms with Crippen molar-refractivity contribution in [3.8, 4) is 0 Å². The van der Waals surface area contributed by atoms with Crippen LogP contribution in [-0.2, 0) is 13.1 Å². The monoisotopic (exact) mass is 274 g/mol. The van der Waals surface area contributed by atoms with Crippen LogP contribution in [-0.4, -0.2) is 21.3 Å². The van der Waals surface area contributed by atoms with Gasteiger partial charge in [-0.3, -0.25) is 9.36 Å². The smallest absolute Gasteiger partial charge is 0.258 e. The molecule has 0 bridgehead atoms. The van der Waals surface area contributed by atoms with Crippen LogP contribution in [0, 0.1) is 27.7 Å². The fourth-order valence-corrected chi connectivity index (χ4v) is 2.57. The van der Waals surface area contributed by atoms with Gasteiger partial charge in [-0.15, -0.1) is 0 Å². The predicted octanol–water partition coefficient (Wildman–Crippen LogP) is 1.49. The molecule has 1 aliphatic heterocycles. The minimum Gasteiger partial charge on any atom is -0.361 e. The molecular weight excluding hydrogens is 256 g/mol. The summed E-state index contributed by atoms with van der Waals surface area (Å²) in [5.74, 6) is 1.57. The Hall–Kier alpha value is -2.11. The first kappa shape index (κ1) is 12.9. The molecule has 3 rings (SSSR count). The molecule has 0 atom stereocenters. The molecule has 0 saturated carbocycles. The highest BCUT2D eigenvalue weighted by Crippen LogP contribution is 2.23. The van der Waals surface area contributed by atoms with Gasteiger partial charge in [0.15, 0.2) is 0 Å². The molecule has 2 aromatic heterocycles. The lowest BCUT2D eigenvalue weighted by molar-refractivity contribution is 0.392. The minimum atomic E-state index is 0.0637. The number of aryl methyl sites for hydroxylation is 3. The van der Waals surface area contributed by atoms with E-state index in [1.54, 1.807) is 4.57 Å². The number of rotatable bonds is 2. The molecule has 3 heterocycles. The number of nitrogens with zero attached hydrogens (tertiary/aromatic N) is 4.